The molecule has 3 nitrogen and oxygen atoms in total. The Morgan fingerprint density at radius 3 is 2.36 bits per heavy atom. The lowest BCUT2D eigenvalue weighted by atomic mass is 9.88. The van der Waals surface area contributed by atoms with Crippen molar-refractivity contribution >= 4 is 5.78 Å². The summed E-state index contributed by atoms with van der Waals surface area (Å²) >= 11 is 0. The standard InChI is InChI=1S/C11H18O3/c1-10(2)7-13-11(14-8-10)6-4-3-5-9(11)12/h3-8H2,1-2H3. The van der Waals surface area contributed by atoms with Gasteiger partial charge >= 0.3 is 0 Å². The zero-order valence-electron chi connectivity index (χ0n) is 8.97. The molecule has 1 saturated carbocycles. The molecular weight excluding hydrogens is 180 g/mol. The molecule has 80 valence electrons. The van der Waals surface area contributed by atoms with Crippen molar-refractivity contribution in [2.75, 3.05) is 13.2 Å². The summed E-state index contributed by atoms with van der Waals surface area (Å²) in [5.41, 5.74) is 0.0446. The molecule has 1 spiro atoms. The van der Waals surface area contributed by atoms with Crippen LogP contribution in [0.2, 0.25) is 0 Å². The van der Waals surface area contributed by atoms with Crippen LogP contribution in [0.3, 0.4) is 0 Å². The van der Waals surface area contributed by atoms with Crippen molar-refractivity contribution in [3.63, 3.8) is 0 Å². The highest BCUT2D eigenvalue weighted by atomic mass is 16.7. The molecule has 0 N–H and O–H groups in total. The zero-order valence-corrected chi connectivity index (χ0v) is 8.97. The van der Waals surface area contributed by atoms with Crippen LogP contribution >= 0.6 is 0 Å². The van der Waals surface area contributed by atoms with E-state index in [-0.39, 0.29) is 11.2 Å². The van der Waals surface area contributed by atoms with E-state index in [1.54, 1.807) is 0 Å². The Morgan fingerprint density at radius 2 is 1.79 bits per heavy atom. The lowest BCUT2D eigenvalue weighted by molar-refractivity contribution is -0.287. The molecule has 2 aliphatic rings. The topological polar surface area (TPSA) is 35.5 Å². The highest BCUT2D eigenvalue weighted by Crippen LogP contribution is 2.36. The minimum Gasteiger partial charge on any atom is -0.343 e. The van der Waals surface area contributed by atoms with Gasteiger partial charge in [-0.25, -0.2) is 0 Å². The second kappa shape index (κ2) is 3.31. The molecule has 14 heavy (non-hydrogen) atoms. The van der Waals surface area contributed by atoms with Crippen molar-refractivity contribution in [2.24, 2.45) is 5.41 Å². The molecule has 0 unspecified atom stereocenters. The van der Waals surface area contributed by atoms with Gasteiger partial charge in [0.2, 0.25) is 5.79 Å². The second-order valence-electron chi connectivity index (χ2n) is 5.12. The van der Waals surface area contributed by atoms with E-state index >= 15 is 0 Å². The first kappa shape index (κ1) is 10.1. The molecular formula is C11H18O3. The number of hydrogen-bond acceptors (Lipinski definition) is 3. The molecule has 1 heterocycles. The Labute approximate surface area is 84.8 Å². The molecule has 0 atom stereocenters. The summed E-state index contributed by atoms with van der Waals surface area (Å²) in [5.74, 6) is -0.729. The van der Waals surface area contributed by atoms with Crippen LogP contribution in [0.4, 0.5) is 0 Å². The fraction of sp³-hybridized carbons (Fsp3) is 0.909. The Kier molecular flexibility index (Phi) is 2.40. The first-order chi connectivity index (χ1) is 6.54. The Hall–Kier alpha value is -0.410. The van der Waals surface area contributed by atoms with E-state index in [9.17, 15) is 4.79 Å². The fourth-order valence-electron chi connectivity index (χ4n) is 1.99. The maximum Gasteiger partial charge on any atom is 0.228 e. The first-order valence-electron chi connectivity index (χ1n) is 5.35. The van der Waals surface area contributed by atoms with E-state index in [0.717, 1.165) is 19.3 Å². The second-order valence-corrected chi connectivity index (χ2v) is 5.12. The van der Waals surface area contributed by atoms with Crippen molar-refractivity contribution in [3.05, 3.63) is 0 Å². The van der Waals surface area contributed by atoms with Crippen molar-refractivity contribution in [1.29, 1.82) is 0 Å². The van der Waals surface area contributed by atoms with E-state index in [2.05, 4.69) is 13.8 Å². The van der Waals surface area contributed by atoms with Gasteiger partial charge in [-0.15, -0.1) is 0 Å². The summed E-state index contributed by atoms with van der Waals surface area (Å²) in [6.07, 6.45) is 3.37. The summed E-state index contributed by atoms with van der Waals surface area (Å²) in [6.45, 7) is 5.43. The van der Waals surface area contributed by atoms with Gasteiger partial charge in [0, 0.05) is 18.3 Å². The van der Waals surface area contributed by atoms with E-state index in [1.807, 2.05) is 0 Å². The van der Waals surface area contributed by atoms with Gasteiger partial charge in [0.05, 0.1) is 13.2 Å². The molecule has 0 aromatic heterocycles. The SMILES string of the molecule is CC1(C)COC2(CCCCC2=O)OC1. The number of carbonyl (C=O) groups is 1. The van der Waals surface area contributed by atoms with Crippen LogP contribution in [0.15, 0.2) is 0 Å². The van der Waals surface area contributed by atoms with Gasteiger partial charge in [-0.3, -0.25) is 4.79 Å². The summed E-state index contributed by atoms with van der Waals surface area (Å²) in [5, 5.41) is 0. The predicted molar refractivity (Wildman–Crippen MR) is 51.9 cm³/mol. The van der Waals surface area contributed by atoms with Crippen LogP contribution in [-0.2, 0) is 14.3 Å². The fourth-order valence-corrected chi connectivity index (χ4v) is 1.99. The van der Waals surface area contributed by atoms with Gasteiger partial charge in [0.25, 0.3) is 0 Å². The van der Waals surface area contributed by atoms with E-state index in [4.69, 9.17) is 9.47 Å². The van der Waals surface area contributed by atoms with Gasteiger partial charge in [0.15, 0.2) is 5.78 Å². The number of Topliss-reactive ketones (excluding diaryl/α,β-unsaturated/α-hetero) is 1. The average Bonchev–Trinajstić information content (AvgIpc) is 2.15. The molecule has 2 fully saturated rings. The average molecular weight is 198 g/mol. The highest BCUT2D eigenvalue weighted by molar-refractivity contribution is 5.86. The van der Waals surface area contributed by atoms with Crippen molar-refractivity contribution in [2.45, 2.75) is 45.3 Å². The third-order valence-corrected chi connectivity index (χ3v) is 2.98. The molecule has 0 amide bonds. The maximum absolute atomic E-state index is 11.7. The van der Waals surface area contributed by atoms with Gasteiger partial charge in [0.1, 0.15) is 0 Å². The lowest BCUT2D eigenvalue weighted by Crippen LogP contribution is -2.53. The largest absolute Gasteiger partial charge is 0.343 e. The van der Waals surface area contributed by atoms with Crippen LogP contribution < -0.4 is 0 Å². The summed E-state index contributed by atoms with van der Waals surface area (Å²) in [4.78, 5) is 11.7. The molecule has 0 aromatic rings. The number of rotatable bonds is 0. The van der Waals surface area contributed by atoms with Crippen LogP contribution in [0, 0.1) is 5.41 Å². The monoisotopic (exact) mass is 198 g/mol. The van der Waals surface area contributed by atoms with E-state index in [0.29, 0.717) is 19.6 Å². The predicted octanol–water partition coefficient (Wildman–Crippen LogP) is 1.90. The van der Waals surface area contributed by atoms with Gasteiger partial charge in [-0.1, -0.05) is 13.8 Å². The van der Waals surface area contributed by atoms with Crippen LogP contribution in [-0.4, -0.2) is 24.8 Å². The molecule has 1 aliphatic heterocycles. The Morgan fingerprint density at radius 1 is 1.14 bits per heavy atom. The first-order valence-corrected chi connectivity index (χ1v) is 5.35. The lowest BCUT2D eigenvalue weighted by Gasteiger charge is -2.43. The Balaban J connectivity index is 2.07. The highest BCUT2D eigenvalue weighted by Gasteiger charge is 2.47. The molecule has 2 rings (SSSR count). The molecule has 0 bridgehead atoms. The number of hydrogen-bond donors (Lipinski definition) is 0. The van der Waals surface area contributed by atoms with Gasteiger partial charge < -0.3 is 9.47 Å². The molecule has 3 heteroatoms. The summed E-state index contributed by atoms with van der Waals surface area (Å²) < 4.78 is 11.3. The number of ketones is 1. The van der Waals surface area contributed by atoms with Crippen LogP contribution in [0.5, 0.6) is 0 Å². The summed E-state index contributed by atoms with van der Waals surface area (Å²) in [7, 11) is 0. The zero-order chi connectivity index (χ0) is 10.2. The normalized spacial score (nSPS) is 30.6. The maximum atomic E-state index is 11.7. The smallest absolute Gasteiger partial charge is 0.228 e. The van der Waals surface area contributed by atoms with Crippen molar-refractivity contribution < 1.29 is 14.3 Å². The van der Waals surface area contributed by atoms with Crippen molar-refractivity contribution in [1.82, 2.24) is 0 Å². The van der Waals surface area contributed by atoms with Crippen LogP contribution in [0.1, 0.15) is 39.5 Å². The molecule has 0 radical (unpaired) electrons. The van der Waals surface area contributed by atoms with E-state index in [1.165, 1.54) is 0 Å². The van der Waals surface area contributed by atoms with Crippen LogP contribution in [0.25, 0.3) is 0 Å². The Bertz CT molecular complexity index is 235. The van der Waals surface area contributed by atoms with Gasteiger partial charge in [-0.05, 0) is 12.8 Å². The molecule has 0 aromatic carbocycles. The summed E-state index contributed by atoms with van der Waals surface area (Å²) in [6, 6.07) is 0. The molecule has 1 aliphatic carbocycles. The van der Waals surface area contributed by atoms with E-state index < -0.39 is 5.79 Å². The number of ether oxygens (including phenoxy) is 2. The van der Waals surface area contributed by atoms with Crippen molar-refractivity contribution in [3.8, 4) is 0 Å². The minimum absolute atomic E-state index is 0.0446. The third-order valence-electron chi connectivity index (χ3n) is 2.98. The van der Waals surface area contributed by atoms with Gasteiger partial charge in [-0.2, -0.15) is 0 Å². The third kappa shape index (κ3) is 1.71. The minimum atomic E-state index is -0.867. The quantitative estimate of drug-likeness (QED) is 0.596. The number of carbonyl (C=O) groups excluding carboxylic acids is 1. The molecule has 1 saturated heterocycles.